The van der Waals surface area contributed by atoms with Gasteiger partial charge in [0.25, 0.3) is 5.91 Å². The zero-order valence-corrected chi connectivity index (χ0v) is 16.9. The third-order valence-corrected chi connectivity index (χ3v) is 6.34. The quantitative estimate of drug-likeness (QED) is 0.819. The Morgan fingerprint density at radius 2 is 2.23 bits per heavy atom. The molecule has 0 aromatic carbocycles. The van der Waals surface area contributed by atoms with E-state index in [1.165, 1.54) is 0 Å². The van der Waals surface area contributed by atoms with E-state index in [-0.39, 0.29) is 17.7 Å². The van der Waals surface area contributed by atoms with Crippen LogP contribution in [0.4, 0.5) is 0 Å². The van der Waals surface area contributed by atoms with Crippen LogP contribution in [-0.2, 0) is 11.2 Å². The van der Waals surface area contributed by atoms with Gasteiger partial charge in [0.2, 0.25) is 5.91 Å². The van der Waals surface area contributed by atoms with E-state index in [1.807, 2.05) is 35.6 Å². The zero-order valence-electron chi connectivity index (χ0n) is 15.2. The lowest BCUT2D eigenvalue weighted by atomic mass is 9.98. The van der Waals surface area contributed by atoms with Gasteiger partial charge in [-0.25, -0.2) is 4.98 Å². The average Bonchev–Trinajstić information content (AvgIpc) is 3.33. The molecule has 7 heteroatoms. The Balaban J connectivity index is 1.55. The average molecular weight is 392 g/mol. The Labute approximate surface area is 162 Å². The molecule has 0 bridgehead atoms. The smallest absolute Gasteiger partial charge is 0.254 e. The van der Waals surface area contributed by atoms with E-state index in [4.69, 9.17) is 4.98 Å². The van der Waals surface area contributed by atoms with Gasteiger partial charge in [-0.1, -0.05) is 13.8 Å². The van der Waals surface area contributed by atoms with Crippen molar-refractivity contribution in [1.82, 2.24) is 15.2 Å². The summed E-state index contributed by atoms with van der Waals surface area (Å²) in [6.45, 7) is 5.97. The summed E-state index contributed by atoms with van der Waals surface area (Å²) in [4.78, 5) is 30.9. The molecule has 0 unspecified atom stereocenters. The summed E-state index contributed by atoms with van der Waals surface area (Å²) in [7, 11) is 0. The number of carbonyl (C=O) groups is 2. The van der Waals surface area contributed by atoms with Crippen molar-refractivity contribution in [3.8, 4) is 0 Å². The second-order valence-electron chi connectivity index (χ2n) is 6.98. The van der Waals surface area contributed by atoms with Crippen molar-refractivity contribution in [1.29, 1.82) is 0 Å². The Kier molecular flexibility index (Phi) is 6.43. The first kappa shape index (κ1) is 19.0. The Bertz CT molecular complexity index is 740. The molecule has 1 saturated heterocycles. The summed E-state index contributed by atoms with van der Waals surface area (Å²) < 4.78 is 0. The molecule has 1 aliphatic heterocycles. The molecule has 1 aliphatic rings. The van der Waals surface area contributed by atoms with Crippen LogP contribution in [0.3, 0.4) is 0 Å². The minimum atomic E-state index is 0.00924. The summed E-state index contributed by atoms with van der Waals surface area (Å²) in [5.74, 6) is 0.532. The summed E-state index contributed by atoms with van der Waals surface area (Å²) in [5, 5.41) is 9.98. The number of likely N-dealkylation sites (tertiary alicyclic amines) is 1. The number of hydrogen-bond donors (Lipinski definition) is 1. The van der Waals surface area contributed by atoms with E-state index >= 15 is 0 Å². The summed E-state index contributed by atoms with van der Waals surface area (Å²) in [6.07, 6.45) is 2.84. The molecule has 140 valence electrons. The minimum Gasteiger partial charge on any atom is -0.355 e. The van der Waals surface area contributed by atoms with Gasteiger partial charge in [-0.15, -0.1) is 11.3 Å². The molecule has 1 N–H and O–H groups in total. The number of nitrogens with one attached hydrogen (secondary N) is 1. The van der Waals surface area contributed by atoms with E-state index in [9.17, 15) is 9.59 Å². The molecular formula is C19H25N3O2S2. The van der Waals surface area contributed by atoms with Crippen LogP contribution >= 0.6 is 22.7 Å². The molecule has 26 heavy (non-hydrogen) atoms. The van der Waals surface area contributed by atoms with Crippen molar-refractivity contribution in [3.63, 3.8) is 0 Å². The fourth-order valence-electron chi connectivity index (χ4n) is 3.07. The molecule has 3 rings (SSSR count). The highest BCUT2D eigenvalue weighted by Gasteiger charge is 2.27. The molecule has 0 saturated carbocycles. The van der Waals surface area contributed by atoms with E-state index in [1.54, 1.807) is 22.7 Å². The van der Waals surface area contributed by atoms with Gasteiger partial charge in [0.05, 0.1) is 16.3 Å². The van der Waals surface area contributed by atoms with Crippen LogP contribution in [0.15, 0.2) is 22.2 Å². The molecule has 3 heterocycles. The highest BCUT2D eigenvalue weighted by atomic mass is 32.1. The summed E-state index contributed by atoms with van der Waals surface area (Å²) in [6, 6.07) is 1.89. The second-order valence-corrected chi connectivity index (χ2v) is 8.64. The van der Waals surface area contributed by atoms with Gasteiger partial charge in [0.1, 0.15) is 0 Å². The van der Waals surface area contributed by atoms with E-state index < -0.39 is 0 Å². The molecule has 5 nitrogen and oxygen atoms in total. The van der Waals surface area contributed by atoms with Crippen LogP contribution in [0, 0.1) is 5.92 Å². The van der Waals surface area contributed by atoms with Gasteiger partial charge in [-0.05, 0) is 24.3 Å². The largest absolute Gasteiger partial charge is 0.355 e. The highest BCUT2D eigenvalue weighted by molar-refractivity contribution is 7.09. The molecule has 1 atom stereocenters. The number of carbonyl (C=O) groups excluding carboxylic acids is 2. The number of thiophene rings is 1. The third kappa shape index (κ3) is 4.71. The topological polar surface area (TPSA) is 62.3 Å². The Morgan fingerprint density at radius 1 is 1.38 bits per heavy atom. The van der Waals surface area contributed by atoms with Gasteiger partial charge in [-0.3, -0.25) is 9.59 Å². The van der Waals surface area contributed by atoms with Gasteiger partial charge in [0, 0.05) is 48.7 Å². The molecule has 2 amide bonds. The standard InChI is InChI=1S/C19H25N3O2S2/c1-13(2)17(23)20-7-5-16-12-26-18(21-16)14-4-3-8-22(10-14)19(24)15-6-9-25-11-15/h6,9,11-14H,3-5,7-8,10H2,1-2H3,(H,20,23)/t14-/m0/s1. The number of aromatic nitrogens is 1. The molecular weight excluding hydrogens is 366 g/mol. The SMILES string of the molecule is CC(C)C(=O)NCCc1csc([C@H]2CCCN(C(=O)c3ccsc3)C2)n1. The van der Waals surface area contributed by atoms with Gasteiger partial charge in [-0.2, -0.15) is 11.3 Å². The predicted molar refractivity (Wildman–Crippen MR) is 106 cm³/mol. The maximum absolute atomic E-state index is 12.6. The fraction of sp³-hybridized carbons (Fsp3) is 0.526. The highest BCUT2D eigenvalue weighted by Crippen LogP contribution is 2.30. The van der Waals surface area contributed by atoms with Crippen molar-refractivity contribution in [2.24, 2.45) is 5.92 Å². The lowest BCUT2D eigenvalue weighted by Crippen LogP contribution is -2.38. The maximum Gasteiger partial charge on any atom is 0.254 e. The monoisotopic (exact) mass is 391 g/mol. The molecule has 0 aliphatic carbocycles. The Hall–Kier alpha value is -1.73. The second kappa shape index (κ2) is 8.77. The van der Waals surface area contributed by atoms with Crippen LogP contribution < -0.4 is 5.32 Å². The number of rotatable bonds is 6. The first-order valence-corrected chi connectivity index (χ1v) is 10.9. The van der Waals surface area contributed by atoms with Crippen LogP contribution in [0.5, 0.6) is 0 Å². The molecule has 1 fully saturated rings. The van der Waals surface area contributed by atoms with E-state index in [0.717, 1.165) is 48.6 Å². The van der Waals surface area contributed by atoms with Crippen LogP contribution in [-0.4, -0.2) is 41.3 Å². The third-order valence-electron chi connectivity index (χ3n) is 4.60. The Morgan fingerprint density at radius 3 is 2.96 bits per heavy atom. The van der Waals surface area contributed by atoms with Crippen molar-refractivity contribution in [3.05, 3.63) is 38.5 Å². The van der Waals surface area contributed by atoms with Gasteiger partial charge >= 0.3 is 0 Å². The number of piperidine rings is 1. The first-order chi connectivity index (χ1) is 12.5. The first-order valence-electron chi connectivity index (χ1n) is 9.08. The van der Waals surface area contributed by atoms with Gasteiger partial charge in [0.15, 0.2) is 0 Å². The van der Waals surface area contributed by atoms with Crippen molar-refractivity contribution >= 4 is 34.5 Å². The summed E-state index contributed by atoms with van der Waals surface area (Å²) in [5.41, 5.74) is 1.81. The zero-order chi connectivity index (χ0) is 18.5. The molecule has 0 spiro atoms. The predicted octanol–water partition coefficient (Wildman–Crippen LogP) is 3.54. The van der Waals surface area contributed by atoms with E-state index in [0.29, 0.717) is 12.5 Å². The number of nitrogens with zero attached hydrogens (tertiary/aromatic N) is 2. The maximum atomic E-state index is 12.6. The number of thiazole rings is 1. The molecule has 0 radical (unpaired) electrons. The van der Waals surface area contributed by atoms with Crippen molar-refractivity contribution < 1.29 is 9.59 Å². The van der Waals surface area contributed by atoms with E-state index in [2.05, 4.69) is 10.7 Å². The number of hydrogen-bond acceptors (Lipinski definition) is 5. The van der Waals surface area contributed by atoms with Crippen molar-refractivity contribution in [2.45, 2.75) is 39.0 Å². The van der Waals surface area contributed by atoms with Crippen molar-refractivity contribution in [2.75, 3.05) is 19.6 Å². The van der Waals surface area contributed by atoms with Crippen LogP contribution in [0.1, 0.15) is 53.7 Å². The fourth-order valence-corrected chi connectivity index (χ4v) is 4.69. The lowest BCUT2D eigenvalue weighted by Gasteiger charge is -2.31. The van der Waals surface area contributed by atoms with Crippen LogP contribution in [0.2, 0.25) is 0 Å². The lowest BCUT2D eigenvalue weighted by molar-refractivity contribution is -0.123. The number of amides is 2. The van der Waals surface area contributed by atoms with Crippen LogP contribution in [0.25, 0.3) is 0 Å². The van der Waals surface area contributed by atoms with Gasteiger partial charge < -0.3 is 10.2 Å². The summed E-state index contributed by atoms with van der Waals surface area (Å²) >= 11 is 3.23. The normalized spacial score (nSPS) is 17.5. The minimum absolute atomic E-state index is 0.00924. The molecule has 2 aromatic heterocycles. The molecule has 2 aromatic rings.